The Kier molecular flexibility index (Phi) is 21.6. The molecule has 4 amide bonds. The third kappa shape index (κ3) is 15.4. The maximum absolute atomic E-state index is 13.4. The average Bonchev–Trinajstić information content (AvgIpc) is 1.84. The fourth-order valence-corrected chi connectivity index (χ4v) is 11.7. The van der Waals surface area contributed by atoms with Crippen LogP contribution in [0.2, 0.25) is 10.0 Å². The normalized spacial score (nSPS) is 13.4. The fraction of sp³-hybridized carbons (Fsp3) is 0.233. The Morgan fingerprint density at radius 3 is 1.27 bits per heavy atom. The zero-order valence-electron chi connectivity index (χ0n) is 47.3. The second-order valence-corrected chi connectivity index (χ2v) is 24.8. The molecule has 2 fully saturated rings. The number of benzene rings is 6. The summed E-state index contributed by atoms with van der Waals surface area (Å²) < 4.78 is 55.3. The molecule has 0 radical (unpaired) electrons. The Morgan fingerprint density at radius 1 is 0.523 bits per heavy atom. The van der Waals surface area contributed by atoms with Crippen molar-refractivity contribution in [1.29, 1.82) is 0 Å². The Morgan fingerprint density at radius 2 is 0.895 bits per heavy atom. The molecule has 2 aliphatic rings. The molecular weight excluding hydrogens is 1200 g/mol. The summed E-state index contributed by atoms with van der Waals surface area (Å²) in [7, 11) is -6.69. The number of hydrogen-bond donors (Lipinski definition) is 3. The minimum absolute atomic E-state index is 0. The van der Waals surface area contributed by atoms with E-state index < -0.39 is 31.6 Å². The zero-order valence-corrected chi connectivity index (χ0v) is 52.4. The van der Waals surface area contributed by atoms with Gasteiger partial charge in [0.25, 0.3) is 11.8 Å². The number of carbonyl (C=O) groups excluding carboxylic acids is 5. The third-order valence-corrected chi connectivity index (χ3v) is 17.1. The number of rotatable bonds is 15. The molecule has 86 heavy (non-hydrogen) atoms. The number of sulfone groups is 2. The molecule has 0 saturated carbocycles. The summed E-state index contributed by atoms with van der Waals surface area (Å²) in [5, 5.41) is 17.7. The molecule has 26 heteroatoms. The molecule has 444 valence electrons. The number of hydrogen-bond acceptors (Lipinski definition) is 14. The predicted octanol–water partition coefficient (Wildman–Crippen LogP) is 5.30. The molecular formula is C60H59Cl2N8NaO13S2. The summed E-state index contributed by atoms with van der Waals surface area (Å²) in [5.41, 5.74) is 4.93. The number of para-hydroxylation sites is 2. The number of nitrogens with one attached hydrogen (secondary N) is 2. The van der Waals surface area contributed by atoms with Crippen molar-refractivity contribution in [2.45, 2.75) is 29.8 Å². The number of halogens is 2. The van der Waals surface area contributed by atoms with Gasteiger partial charge in [-0.05, 0) is 128 Å². The van der Waals surface area contributed by atoms with Crippen LogP contribution in [0.4, 0.5) is 22.7 Å². The van der Waals surface area contributed by atoms with Gasteiger partial charge in [-0.1, -0.05) is 47.5 Å². The molecule has 0 aliphatic carbocycles. The van der Waals surface area contributed by atoms with Gasteiger partial charge >= 0.3 is 41.5 Å². The minimum atomic E-state index is -3.34. The first kappa shape index (κ1) is 65.8. The molecule has 0 unspecified atom stereocenters. The number of piperazine rings is 2. The van der Waals surface area contributed by atoms with E-state index in [1.54, 1.807) is 112 Å². The molecule has 4 N–H and O–H groups in total. The molecule has 0 atom stereocenters. The van der Waals surface area contributed by atoms with Gasteiger partial charge in [-0.2, -0.15) is 0 Å². The third-order valence-electron chi connectivity index (χ3n) is 14.3. The first-order chi connectivity index (χ1) is 40.1. The summed E-state index contributed by atoms with van der Waals surface area (Å²) in [6.07, 6.45) is 2.25. The quantitative estimate of drug-likeness (QED) is 0.0868. The van der Waals surface area contributed by atoms with Gasteiger partial charge in [-0.15, -0.1) is 0 Å². The standard InChI is InChI=1S/C31H31ClN4O6S.C29H27ClN4O6S.Na.H2O/c1-3-42-31(39)28-19-21-18-22(32)8-13-26(21)36(28)20-29(37)35-16-14-34(15-17-35)27-7-5-4-6-25(27)30(38)33-23-9-11-24(12-10-23)43(2,40)41;1-41(39,40)22-9-7-21(8-10-22)31-28(36)23-4-2-3-5-25(23)32-12-14-33(15-13-32)27(35)18-34-24-11-6-20(30)16-19(24)17-26(34)29(37)38;;/h4-13,18-19H,3,14-17,20H2,1-2H3,(H,33,38);2-11,16-17H,12-15,18H2,1H3,(H,31,36)(H,37,38);;1H2/q;;+1;/p-1. The smallest absolute Gasteiger partial charge is 0.870 e. The number of fused-ring (bicyclic) bond motifs is 2. The van der Waals surface area contributed by atoms with Gasteiger partial charge in [0.2, 0.25) is 11.8 Å². The summed E-state index contributed by atoms with van der Waals surface area (Å²) >= 11 is 12.2. The van der Waals surface area contributed by atoms with Crippen molar-refractivity contribution in [3.05, 3.63) is 178 Å². The second-order valence-electron chi connectivity index (χ2n) is 19.9. The molecule has 6 aromatic carbocycles. The number of carboxylic acids is 1. The molecule has 2 saturated heterocycles. The molecule has 8 aromatic rings. The van der Waals surface area contributed by atoms with Crippen LogP contribution in [0.3, 0.4) is 0 Å². The summed E-state index contributed by atoms with van der Waals surface area (Å²) in [6.45, 7) is 5.42. The number of esters is 1. The van der Waals surface area contributed by atoms with Crippen molar-refractivity contribution in [3.8, 4) is 0 Å². The van der Waals surface area contributed by atoms with Crippen LogP contribution in [0.15, 0.2) is 155 Å². The predicted molar refractivity (Wildman–Crippen MR) is 324 cm³/mol. The van der Waals surface area contributed by atoms with Crippen LogP contribution in [-0.4, -0.2) is 153 Å². The van der Waals surface area contributed by atoms with Crippen LogP contribution in [0.1, 0.15) is 48.6 Å². The largest absolute Gasteiger partial charge is 1.00 e. The van der Waals surface area contributed by atoms with Crippen molar-refractivity contribution in [1.82, 2.24) is 18.9 Å². The van der Waals surface area contributed by atoms with E-state index in [9.17, 15) is 50.7 Å². The summed E-state index contributed by atoms with van der Waals surface area (Å²) in [6, 6.07) is 39.8. The molecule has 4 heterocycles. The zero-order chi connectivity index (χ0) is 60.0. The summed E-state index contributed by atoms with van der Waals surface area (Å²) in [5.74, 6) is -2.64. The van der Waals surface area contributed by atoms with Crippen molar-refractivity contribution >= 4 is 123 Å². The average molecular weight is 1260 g/mol. The number of aromatic nitrogens is 2. The number of carbonyl (C=O) groups is 6. The number of anilines is 4. The number of ether oxygens (including phenoxy) is 1. The van der Waals surface area contributed by atoms with Crippen molar-refractivity contribution in [2.24, 2.45) is 0 Å². The molecule has 0 bridgehead atoms. The Labute approximate surface area is 528 Å². The Hall–Kier alpha value is -7.74. The van der Waals surface area contributed by atoms with Gasteiger partial charge < -0.3 is 54.7 Å². The van der Waals surface area contributed by atoms with Crippen LogP contribution in [0.5, 0.6) is 0 Å². The first-order valence-corrected chi connectivity index (χ1v) is 31.0. The second kappa shape index (κ2) is 28.2. The van der Waals surface area contributed by atoms with Gasteiger partial charge in [0.15, 0.2) is 19.7 Å². The van der Waals surface area contributed by atoms with Gasteiger partial charge in [0.1, 0.15) is 24.5 Å². The topological polar surface area (TPSA) is 277 Å². The van der Waals surface area contributed by atoms with Crippen LogP contribution >= 0.6 is 23.2 Å². The van der Waals surface area contributed by atoms with Gasteiger partial charge in [0, 0.05) is 119 Å². The van der Waals surface area contributed by atoms with Crippen molar-refractivity contribution in [2.75, 3.05) is 91.9 Å². The molecule has 2 aliphatic heterocycles. The van der Waals surface area contributed by atoms with Crippen LogP contribution in [0, 0.1) is 0 Å². The number of nitrogens with zero attached hydrogens (tertiary/aromatic N) is 6. The van der Waals surface area contributed by atoms with Crippen LogP contribution < -0.4 is 50.0 Å². The maximum atomic E-state index is 13.4. The number of amides is 4. The van der Waals surface area contributed by atoms with Gasteiger partial charge in [-0.3, -0.25) is 19.2 Å². The SMILES string of the molecule is CCOC(=O)c1cc2cc(Cl)ccc2n1CC(=O)N1CCN(c2ccccc2C(=O)Nc2ccc(S(C)(=O)=O)cc2)CC1.CS(=O)(=O)c1ccc(NC(=O)c2ccccc2N2CCN(C(=O)Cn3c(C(=O)O)cc4cc(Cl)ccc43)CC2)cc1.[Na+].[OH-]. The number of carboxylic acid groups (broad SMARTS) is 1. The van der Waals surface area contributed by atoms with E-state index in [-0.39, 0.29) is 99.5 Å². The van der Waals surface area contributed by atoms with Gasteiger partial charge in [0.05, 0.1) is 27.5 Å². The molecule has 2 aromatic heterocycles. The van der Waals surface area contributed by atoms with E-state index in [1.165, 1.54) is 34.9 Å². The van der Waals surface area contributed by atoms with Crippen molar-refractivity contribution in [3.63, 3.8) is 0 Å². The minimum Gasteiger partial charge on any atom is -0.870 e. The van der Waals surface area contributed by atoms with E-state index >= 15 is 0 Å². The maximum Gasteiger partial charge on any atom is 1.00 e. The number of aromatic carboxylic acids is 1. The van der Waals surface area contributed by atoms with E-state index in [2.05, 4.69) is 15.5 Å². The monoisotopic (exact) mass is 1260 g/mol. The van der Waals surface area contributed by atoms with E-state index in [0.29, 0.717) is 107 Å². The fourth-order valence-electron chi connectivity index (χ4n) is 10.1. The molecule has 0 spiro atoms. The van der Waals surface area contributed by atoms with Crippen molar-refractivity contribution < 1.29 is 90.5 Å². The Bertz CT molecular complexity index is 4090. The van der Waals surface area contributed by atoms with E-state index in [1.807, 2.05) is 29.2 Å². The van der Waals surface area contributed by atoms with Crippen LogP contribution in [-0.2, 0) is 47.1 Å². The molecule has 10 rings (SSSR count). The first-order valence-electron chi connectivity index (χ1n) is 26.5. The van der Waals surface area contributed by atoms with Gasteiger partial charge in [-0.25, -0.2) is 26.4 Å². The van der Waals surface area contributed by atoms with E-state index in [4.69, 9.17) is 27.9 Å². The Balaban J connectivity index is 0.000000241. The van der Waals surface area contributed by atoms with Crippen LogP contribution in [0.25, 0.3) is 21.8 Å². The van der Waals surface area contributed by atoms with E-state index in [0.717, 1.165) is 23.6 Å². The summed E-state index contributed by atoms with van der Waals surface area (Å²) in [4.78, 5) is 85.4. The molecule has 21 nitrogen and oxygen atoms in total.